The van der Waals surface area contributed by atoms with E-state index in [9.17, 15) is 0 Å². The summed E-state index contributed by atoms with van der Waals surface area (Å²) in [5, 5.41) is 7.29. The maximum atomic E-state index is 2.61. The predicted molar refractivity (Wildman–Crippen MR) is 138 cm³/mol. The van der Waals surface area contributed by atoms with Crippen LogP contribution in [0.4, 0.5) is 0 Å². The Labute approximate surface area is 185 Å². The molecule has 2 aliphatic rings. The van der Waals surface area contributed by atoms with Crippen LogP contribution in [0, 0.1) is 0 Å². The second kappa shape index (κ2) is 6.55. The summed E-state index contributed by atoms with van der Waals surface area (Å²) in [6.07, 6.45) is 3.56. The number of allylic oxidation sites excluding steroid dienone is 2. The molecule has 152 valence electrons. The van der Waals surface area contributed by atoms with Crippen LogP contribution in [0.5, 0.6) is 0 Å². The molecule has 0 N–H and O–H groups in total. The highest BCUT2D eigenvalue weighted by molar-refractivity contribution is 6.97. The van der Waals surface area contributed by atoms with Gasteiger partial charge in [-0.25, -0.2) is 0 Å². The first-order valence-corrected chi connectivity index (χ1v) is 14.5. The van der Waals surface area contributed by atoms with Gasteiger partial charge in [0.05, 0.1) is 8.07 Å². The van der Waals surface area contributed by atoms with Crippen molar-refractivity contribution in [2.24, 2.45) is 0 Å². The van der Waals surface area contributed by atoms with E-state index in [0.29, 0.717) is 5.54 Å². The number of fused-ring (bicyclic) bond motifs is 6. The predicted octanol–water partition coefficient (Wildman–Crippen LogP) is 8.31. The van der Waals surface area contributed by atoms with Gasteiger partial charge < -0.3 is 0 Å². The first kappa shape index (κ1) is 18.8. The minimum atomic E-state index is -1.89. The van der Waals surface area contributed by atoms with Crippen molar-refractivity contribution in [2.45, 2.75) is 38.9 Å². The normalized spacial score (nSPS) is 17.9. The molecular weight excluding hydrogens is 388 g/mol. The monoisotopic (exact) mass is 416 g/mol. The van der Waals surface area contributed by atoms with Crippen molar-refractivity contribution in [2.75, 3.05) is 0 Å². The third-order valence-corrected chi connectivity index (χ3v) is 11.8. The molecular formula is C30H28Si. The highest BCUT2D eigenvalue weighted by Crippen LogP contribution is 2.53. The van der Waals surface area contributed by atoms with E-state index in [1.807, 2.05) is 0 Å². The van der Waals surface area contributed by atoms with Crippen LogP contribution in [-0.2, 0) is 6.42 Å². The van der Waals surface area contributed by atoms with Gasteiger partial charge in [0.1, 0.15) is 0 Å². The molecule has 1 unspecified atom stereocenters. The van der Waals surface area contributed by atoms with Gasteiger partial charge in [-0.1, -0.05) is 108 Å². The lowest BCUT2D eigenvalue weighted by molar-refractivity contribution is 1.10. The molecule has 0 heterocycles. The molecule has 6 rings (SSSR count). The molecule has 1 heteroatoms. The Balaban J connectivity index is 1.61. The highest BCUT2D eigenvalue weighted by Gasteiger charge is 2.44. The van der Waals surface area contributed by atoms with Crippen molar-refractivity contribution in [3.05, 3.63) is 106 Å². The SMILES string of the molecule is CC1=Cc2ccc3ccccc3c2C1[Si](C)(C)C1=C(C)Cc2ccc3ccccc3c21. The van der Waals surface area contributed by atoms with E-state index in [-0.39, 0.29) is 0 Å². The average molecular weight is 417 g/mol. The van der Waals surface area contributed by atoms with Crippen LogP contribution in [-0.4, -0.2) is 8.07 Å². The van der Waals surface area contributed by atoms with E-state index in [2.05, 4.69) is 106 Å². The lowest BCUT2D eigenvalue weighted by Crippen LogP contribution is -2.37. The van der Waals surface area contributed by atoms with Crippen molar-refractivity contribution in [1.29, 1.82) is 0 Å². The van der Waals surface area contributed by atoms with Crippen molar-refractivity contribution in [1.82, 2.24) is 0 Å². The van der Waals surface area contributed by atoms with Gasteiger partial charge in [0.15, 0.2) is 0 Å². The zero-order chi connectivity index (χ0) is 21.3. The van der Waals surface area contributed by atoms with Gasteiger partial charge in [-0.15, -0.1) is 0 Å². The Morgan fingerprint density at radius 1 is 0.742 bits per heavy atom. The number of hydrogen-bond acceptors (Lipinski definition) is 0. The molecule has 0 spiro atoms. The third kappa shape index (κ3) is 2.60. The van der Waals surface area contributed by atoms with Gasteiger partial charge in [-0.2, -0.15) is 0 Å². The lowest BCUT2D eigenvalue weighted by Gasteiger charge is -2.36. The van der Waals surface area contributed by atoms with Crippen molar-refractivity contribution in [3.63, 3.8) is 0 Å². The fraction of sp³-hybridized carbons (Fsp3) is 0.200. The molecule has 0 nitrogen and oxygen atoms in total. The fourth-order valence-corrected chi connectivity index (χ4v) is 11.3. The van der Waals surface area contributed by atoms with Crippen LogP contribution >= 0.6 is 0 Å². The molecule has 0 aromatic heterocycles. The second-order valence-electron chi connectivity index (χ2n) is 9.99. The summed E-state index contributed by atoms with van der Waals surface area (Å²) in [4.78, 5) is 0. The van der Waals surface area contributed by atoms with Gasteiger partial charge in [0.25, 0.3) is 0 Å². The van der Waals surface area contributed by atoms with Gasteiger partial charge in [-0.05, 0) is 64.1 Å². The lowest BCUT2D eigenvalue weighted by atomic mass is 9.99. The Morgan fingerprint density at radius 3 is 2.16 bits per heavy atom. The molecule has 0 saturated heterocycles. The molecule has 0 bridgehead atoms. The first-order valence-electron chi connectivity index (χ1n) is 11.4. The summed E-state index contributed by atoms with van der Waals surface area (Å²) in [6.45, 7) is 9.98. The van der Waals surface area contributed by atoms with E-state index in [1.165, 1.54) is 38.2 Å². The number of hydrogen-bond donors (Lipinski definition) is 0. The van der Waals surface area contributed by atoms with E-state index >= 15 is 0 Å². The molecule has 4 aromatic rings. The Kier molecular flexibility index (Phi) is 3.98. The van der Waals surface area contributed by atoms with Crippen molar-refractivity contribution >= 4 is 40.9 Å². The highest BCUT2D eigenvalue weighted by atomic mass is 28.3. The maximum absolute atomic E-state index is 2.61. The van der Waals surface area contributed by atoms with Crippen LogP contribution in [0.2, 0.25) is 13.1 Å². The zero-order valence-electron chi connectivity index (χ0n) is 18.8. The molecule has 2 aliphatic carbocycles. The molecule has 0 fully saturated rings. The van der Waals surface area contributed by atoms with Crippen molar-refractivity contribution in [3.8, 4) is 0 Å². The topological polar surface area (TPSA) is 0 Å². The second-order valence-corrected chi connectivity index (χ2v) is 14.5. The van der Waals surface area contributed by atoms with Crippen LogP contribution in [0.25, 0.3) is 32.8 Å². The number of benzene rings is 4. The van der Waals surface area contributed by atoms with Crippen LogP contribution in [0.15, 0.2) is 83.9 Å². The van der Waals surface area contributed by atoms with Gasteiger partial charge in [0, 0.05) is 5.54 Å². The van der Waals surface area contributed by atoms with E-state index in [0.717, 1.165) is 6.42 Å². The van der Waals surface area contributed by atoms with Gasteiger partial charge >= 0.3 is 0 Å². The zero-order valence-corrected chi connectivity index (χ0v) is 19.8. The van der Waals surface area contributed by atoms with Gasteiger partial charge in [-0.3, -0.25) is 0 Å². The first-order chi connectivity index (χ1) is 15.0. The summed E-state index contributed by atoms with van der Waals surface area (Å²) in [7, 11) is -1.89. The average Bonchev–Trinajstić information content (AvgIpc) is 3.30. The molecule has 0 saturated carbocycles. The molecule has 0 amide bonds. The largest absolute Gasteiger partial charge is 0.0931 e. The summed E-state index contributed by atoms with van der Waals surface area (Å²) in [5.74, 6) is 0. The van der Waals surface area contributed by atoms with Crippen LogP contribution in [0.3, 0.4) is 0 Å². The summed E-state index contributed by atoms with van der Waals surface area (Å²) in [5.41, 5.74) is 9.71. The molecule has 31 heavy (non-hydrogen) atoms. The summed E-state index contributed by atoms with van der Waals surface area (Å²) >= 11 is 0. The summed E-state index contributed by atoms with van der Waals surface area (Å²) < 4.78 is 0. The molecule has 0 radical (unpaired) electrons. The van der Waals surface area contributed by atoms with Crippen molar-refractivity contribution < 1.29 is 0 Å². The quantitative estimate of drug-likeness (QED) is 0.288. The fourth-order valence-electron chi connectivity index (χ4n) is 6.61. The maximum Gasteiger partial charge on any atom is 0.0931 e. The Bertz CT molecular complexity index is 1450. The standard InChI is InChI=1S/C30H28Si/c1-19-17-23-15-13-21-9-5-7-11-25(21)27(23)29(19)31(3,4)30-20(2)18-24-16-14-22-10-6-8-12-26(22)28(24)30/h5-17,29H,18H2,1-4H3. The van der Waals surface area contributed by atoms with Crippen LogP contribution in [0.1, 0.15) is 41.6 Å². The third-order valence-electron chi connectivity index (χ3n) is 7.65. The minimum Gasteiger partial charge on any atom is -0.0690 e. The smallest absolute Gasteiger partial charge is 0.0690 e. The molecule has 4 aromatic carbocycles. The Hall–Kier alpha value is -2.90. The minimum absolute atomic E-state index is 0.517. The van der Waals surface area contributed by atoms with E-state index < -0.39 is 8.07 Å². The van der Waals surface area contributed by atoms with E-state index in [1.54, 1.807) is 21.9 Å². The number of rotatable bonds is 2. The van der Waals surface area contributed by atoms with Crippen LogP contribution < -0.4 is 0 Å². The van der Waals surface area contributed by atoms with Gasteiger partial charge in [0.2, 0.25) is 0 Å². The summed E-state index contributed by atoms with van der Waals surface area (Å²) in [6, 6.07) is 27.2. The molecule has 1 atom stereocenters. The molecule has 0 aliphatic heterocycles. The van der Waals surface area contributed by atoms with E-state index in [4.69, 9.17) is 0 Å². The Morgan fingerprint density at radius 2 is 1.39 bits per heavy atom.